The van der Waals surface area contributed by atoms with E-state index in [1.165, 1.54) is 12.7 Å². The number of esters is 1. The fraction of sp³-hybridized carbons (Fsp3) is 0.278. The first-order valence-electron chi connectivity index (χ1n) is 6.90. The molecule has 0 bridgehead atoms. The van der Waals surface area contributed by atoms with Crippen LogP contribution in [0.2, 0.25) is 0 Å². The van der Waals surface area contributed by atoms with Gasteiger partial charge in [0, 0.05) is 11.5 Å². The summed E-state index contributed by atoms with van der Waals surface area (Å²) in [5, 5.41) is 0. The largest absolute Gasteiger partial charge is 0.466 e. The number of hydrogen-bond donors (Lipinski definition) is 0. The van der Waals surface area contributed by atoms with Crippen LogP contribution >= 0.6 is 0 Å². The molecule has 0 aliphatic heterocycles. The molecule has 1 aliphatic carbocycles. The van der Waals surface area contributed by atoms with E-state index in [0.717, 1.165) is 12.0 Å². The average molecular weight is 268 g/mol. The molecule has 1 aromatic carbocycles. The molecule has 2 nitrogen and oxygen atoms in total. The van der Waals surface area contributed by atoms with Gasteiger partial charge in [-0.05, 0) is 17.9 Å². The summed E-state index contributed by atoms with van der Waals surface area (Å²) in [6, 6.07) is 10.2. The Hall–Kier alpha value is -2.09. The van der Waals surface area contributed by atoms with E-state index in [9.17, 15) is 4.79 Å². The quantitative estimate of drug-likeness (QED) is 0.611. The molecule has 1 aromatic rings. The highest BCUT2D eigenvalue weighted by Crippen LogP contribution is 2.24. The lowest BCUT2D eigenvalue weighted by Gasteiger charge is -2.10. The van der Waals surface area contributed by atoms with Crippen molar-refractivity contribution in [3.63, 3.8) is 0 Å². The van der Waals surface area contributed by atoms with Gasteiger partial charge in [-0.15, -0.1) is 0 Å². The van der Waals surface area contributed by atoms with Crippen LogP contribution in [0.25, 0.3) is 6.08 Å². The molecule has 0 radical (unpaired) electrons. The minimum Gasteiger partial charge on any atom is -0.466 e. The van der Waals surface area contributed by atoms with Gasteiger partial charge in [0.05, 0.1) is 7.11 Å². The van der Waals surface area contributed by atoms with Crippen LogP contribution in [0, 0.1) is 11.8 Å². The van der Waals surface area contributed by atoms with Crippen molar-refractivity contribution >= 4 is 12.0 Å². The van der Waals surface area contributed by atoms with Crippen molar-refractivity contribution < 1.29 is 9.53 Å². The zero-order valence-corrected chi connectivity index (χ0v) is 12.0. The molecule has 0 saturated carbocycles. The maximum absolute atomic E-state index is 11.8. The fourth-order valence-corrected chi connectivity index (χ4v) is 2.30. The average Bonchev–Trinajstić information content (AvgIpc) is 2.67. The van der Waals surface area contributed by atoms with Gasteiger partial charge in [-0.3, -0.25) is 0 Å². The summed E-state index contributed by atoms with van der Waals surface area (Å²) >= 11 is 0. The maximum atomic E-state index is 11.8. The predicted octanol–water partition coefficient (Wildman–Crippen LogP) is 4.01. The number of allylic oxidation sites excluding steroid dienone is 4. The molecule has 0 fully saturated rings. The van der Waals surface area contributed by atoms with Crippen molar-refractivity contribution in [3.05, 3.63) is 65.8 Å². The molecule has 2 atom stereocenters. The summed E-state index contributed by atoms with van der Waals surface area (Å²) < 4.78 is 4.86. The summed E-state index contributed by atoms with van der Waals surface area (Å²) in [7, 11) is 1.43. The van der Waals surface area contributed by atoms with Gasteiger partial charge in [0.15, 0.2) is 0 Å². The van der Waals surface area contributed by atoms with Gasteiger partial charge in [-0.1, -0.05) is 67.6 Å². The topological polar surface area (TPSA) is 26.3 Å². The number of carbonyl (C=O) groups is 1. The smallest absolute Gasteiger partial charge is 0.334 e. The van der Waals surface area contributed by atoms with Crippen molar-refractivity contribution in [2.45, 2.75) is 13.3 Å². The Morgan fingerprint density at radius 1 is 1.30 bits per heavy atom. The summed E-state index contributed by atoms with van der Waals surface area (Å²) in [6.07, 6.45) is 11.4. The highest BCUT2D eigenvalue weighted by atomic mass is 16.5. The van der Waals surface area contributed by atoms with Crippen LogP contribution in [-0.4, -0.2) is 13.1 Å². The number of hydrogen-bond acceptors (Lipinski definition) is 2. The highest BCUT2D eigenvalue weighted by molar-refractivity contribution is 5.89. The van der Waals surface area contributed by atoms with E-state index >= 15 is 0 Å². The first-order chi connectivity index (χ1) is 9.70. The van der Waals surface area contributed by atoms with Gasteiger partial charge in [0.2, 0.25) is 0 Å². The Kier molecular flexibility index (Phi) is 4.94. The molecule has 0 N–H and O–H groups in total. The number of carbonyl (C=O) groups excluding carboxylic acids is 1. The molecule has 1 aliphatic rings. The minimum atomic E-state index is -0.234. The zero-order valence-electron chi connectivity index (χ0n) is 12.0. The van der Waals surface area contributed by atoms with Crippen LogP contribution in [0.4, 0.5) is 0 Å². The first-order valence-corrected chi connectivity index (χ1v) is 6.90. The van der Waals surface area contributed by atoms with Crippen molar-refractivity contribution in [3.8, 4) is 0 Å². The van der Waals surface area contributed by atoms with Crippen LogP contribution in [0.15, 0.2) is 60.2 Å². The minimum absolute atomic E-state index is 0.109. The third-order valence-corrected chi connectivity index (χ3v) is 3.47. The number of rotatable bonds is 3. The summed E-state index contributed by atoms with van der Waals surface area (Å²) in [5.74, 6) is 0.102. The molecule has 20 heavy (non-hydrogen) atoms. The van der Waals surface area contributed by atoms with Gasteiger partial charge >= 0.3 is 5.97 Å². The molecule has 0 aromatic heterocycles. The van der Waals surface area contributed by atoms with Crippen molar-refractivity contribution in [1.82, 2.24) is 0 Å². The number of ether oxygens (including phenoxy) is 1. The summed E-state index contributed by atoms with van der Waals surface area (Å²) in [4.78, 5) is 11.8. The van der Waals surface area contributed by atoms with E-state index < -0.39 is 0 Å². The van der Waals surface area contributed by atoms with Gasteiger partial charge in [0.25, 0.3) is 0 Å². The zero-order chi connectivity index (χ0) is 14.4. The van der Waals surface area contributed by atoms with Gasteiger partial charge in [-0.2, -0.15) is 0 Å². The molecular weight excluding hydrogens is 248 g/mol. The van der Waals surface area contributed by atoms with Crippen molar-refractivity contribution in [2.75, 3.05) is 7.11 Å². The van der Waals surface area contributed by atoms with E-state index in [1.807, 2.05) is 31.2 Å². The molecule has 0 spiro atoms. The molecule has 2 heteroatoms. The molecule has 0 amide bonds. The van der Waals surface area contributed by atoms with E-state index in [0.29, 0.717) is 0 Å². The Bertz CT molecular complexity index is 538. The van der Waals surface area contributed by atoms with Crippen LogP contribution in [0.1, 0.15) is 18.9 Å². The van der Waals surface area contributed by atoms with Gasteiger partial charge < -0.3 is 4.74 Å². The van der Waals surface area contributed by atoms with Gasteiger partial charge in [0.1, 0.15) is 0 Å². The SMILES string of the molecule is COC(=O)C1=C[C@H](/C=C/c2ccccc2)CC=C[C@H]1C. The molecular formula is C18H20O2. The lowest BCUT2D eigenvalue weighted by atomic mass is 9.97. The standard InChI is InChI=1S/C18H20O2/c1-14-7-6-10-16(13-17(14)18(19)20-2)12-11-15-8-4-3-5-9-15/h3-9,11-14,16H,10H2,1-2H3/b12-11+/t14-,16+/m1/s1. The second-order valence-corrected chi connectivity index (χ2v) is 5.00. The van der Waals surface area contributed by atoms with Crippen molar-refractivity contribution in [1.29, 1.82) is 0 Å². The fourth-order valence-electron chi connectivity index (χ4n) is 2.30. The Morgan fingerprint density at radius 2 is 2.05 bits per heavy atom. The van der Waals surface area contributed by atoms with E-state index in [2.05, 4.69) is 36.4 Å². The number of methoxy groups -OCH3 is 1. The van der Waals surface area contributed by atoms with E-state index in [-0.39, 0.29) is 17.8 Å². The second-order valence-electron chi connectivity index (χ2n) is 5.00. The number of benzene rings is 1. The molecule has 0 heterocycles. The normalized spacial score (nSPS) is 22.4. The lowest BCUT2D eigenvalue weighted by molar-refractivity contribution is -0.136. The first kappa shape index (κ1) is 14.3. The predicted molar refractivity (Wildman–Crippen MR) is 82.0 cm³/mol. The van der Waals surface area contributed by atoms with E-state index in [1.54, 1.807) is 0 Å². The van der Waals surface area contributed by atoms with Crippen LogP contribution in [-0.2, 0) is 9.53 Å². The van der Waals surface area contributed by atoms with Crippen LogP contribution in [0.5, 0.6) is 0 Å². The van der Waals surface area contributed by atoms with Gasteiger partial charge in [-0.25, -0.2) is 4.79 Å². The second kappa shape index (κ2) is 6.90. The monoisotopic (exact) mass is 268 g/mol. The molecule has 0 saturated heterocycles. The Morgan fingerprint density at radius 3 is 2.75 bits per heavy atom. The lowest BCUT2D eigenvalue weighted by Crippen LogP contribution is -2.11. The van der Waals surface area contributed by atoms with Crippen LogP contribution < -0.4 is 0 Å². The van der Waals surface area contributed by atoms with E-state index in [4.69, 9.17) is 4.74 Å². The Balaban J connectivity index is 2.19. The van der Waals surface area contributed by atoms with Crippen LogP contribution in [0.3, 0.4) is 0 Å². The molecule has 104 valence electrons. The summed E-state index contributed by atoms with van der Waals surface area (Å²) in [6.45, 7) is 2.02. The molecule has 2 rings (SSSR count). The molecule has 0 unspecified atom stereocenters. The third-order valence-electron chi connectivity index (χ3n) is 3.47. The summed E-state index contributed by atoms with van der Waals surface area (Å²) in [5.41, 5.74) is 1.91. The maximum Gasteiger partial charge on any atom is 0.334 e. The third kappa shape index (κ3) is 3.70. The van der Waals surface area contributed by atoms with Crippen molar-refractivity contribution in [2.24, 2.45) is 11.8 Å². The highest BCUT2D eigenvalue weighted by Gasteiger charge is 2.19. The Labute approximate surface area is 120 Å².